The van der Waals surface area contributed by atoms with Gasteiger partial charge in [0.1, 0.15) is 17.3 Å². The van der Waals surface area contributed by atoms with E-state index in [1.54, 1.807) is 6.20 Å². The number of anilines is 1. The van der Waals surface area contributed by atoms with Gasteiger partial charge in [-0.3, -0.25) is 10.1 Å². The monoisotopic (exact) mass is 378 g/mol. The molecule has 0 saturated carbocycles. The molecule has 1 saturated heterocycles. The van der Waals surface area contributed by atoms with Crippen LogP contribution in [0.25, 0.3) is 11.3 Å². The Labute approximate surface area is 165 Å². The summed E-state index contributed by atoms with van der Waals surface area (Å²) in [6.07, 6.45) is 4.46. The van der Waals surface area contributed by atoms with E-state index in [4.69, 9.17) is 4.74 Å². The summed E-state index contributed by atoms with van der Waals surface area (Å²) in [5.41, 5.74) is 5.22. The van der Waals surface area contributed by atoms with Gasteiger partial charge in [-0.15, -0.1) is 0 Å². The van der Waals surface area contributed by atoms with Crippen molar-refractivity contribution in [3.05, 3.63) is 53.6 Å². The molecule has 0 spiro atoms. The van der Waals surface area contributed by atoms with Crippen molar-refractivity contribution in [1.29, 1.82) is 0 Å². The van der Waals surface area contributed by atoms with E-state index in [1.807, 2.05) is 38.2 Å². The van der Waals surface area contributed by atoms with Crippen LogP contribution in [0, 0.1) is 13.8 Å². The van der Waals surface area contributed by atoms with Crippen molar-refractivity contribution in [3.8, 4) is 17.0 Å². The van der Waals surface area contributed by atoms with Crippen molar-refractivity contribution >= 4 is 5.82 Å². The second kappa shape index (κ2) is 8.39. The summed E-state index contributed by atoms with van der Waals surface area (Å²) < 4.78 is 6.11. The molecule has 0 radical (unpaired) electrons. The first-order chi connectivity index (χ1) is 13.7. The zero-order chi connectivity index (χ0) is 19.3. The van der Waals surface area contributed by atoms with E-state index < -0.39 is 0 Å². The molecule has 3 aromatic heterocycles. The lowest BCUT2D eigenvalue weighted by molar-refractivity contribution is 0.321. The minimum Gasteiger partial charge on any atom is -0.491 e. The number of rotatable bonds is 6. The minimum absolute atomic E-state index is 0.579. The van der Waals surface area contributed by atoms with Gasteiger partial charge in [0, 0.05) is 56.3 Å². The van der Waals surface area contributed by atoms with Crippen LogP contribution in [0.1, 0.15) is 17.0 Å². The van der Waals surface area contributed by atoms with Gasteiger partial charge in [0.25, 0.3) is 0 Å². The van der Waals surface area contributed by atoms with Gasteiger partial charge in [-0.25, -0.2) is 4.98 Å². The standard InChI is InChI=1S/C21H26N6O/c1-15-18(16(2)26-25-15)6-13-28-19-4-3-7-24-21(19)17-5-8-23-20(14-17)27-11-9-22-10-12-27/h3-5,7-8,14,22H,6,9-13H2,1-2H3,(H,25,26). The van der Waals surface area contributed by atoms with Crippen LogP contribution in [0.4, 0.5) is 5.82 Å². The highest BCUT2D eigenvalue weighted by molar-refractivity contribution is 5.68. The Balaban J connectivity index is 1.51. The summed E-state index contributed by atoms with van der Waals surface area (Å²) in [6.45, 7) is 8.53. The van der Waals surface area contributed by atoms with Gasteiger partial charge >= 0.3 is 0 Å². The van der Waals surface area contributed by atoms with Gasteiger partial charge < -0.3 is 15.0 Å². The van der Waals surface area contributed by atoms with E-state index in [9.17, 15) is 0 Å². The van der Waals surface area contributed by atoms with Gasteiger partial charge in [-0.2, -0.15) is 5.10 Å². The summed E-state index contributed by atoms with van der Waals surface area (Å²) in [5, 5.41) is 10.7. The van der Waals surface area contributed by atoms with Crippen molar-refractivity contribution in [2.24, 2.45) is 0 Å². The Hall–Kier alpha value is -2.93. The number of aryl methyl sites for hydroxylation is 2. The third kappa shape index (κ3) is 3.99. The number of piperazine rings is 1. The maximum absolute atomic E-state index is 6.11. The van der Waals surface area contributed by atoms with Gasteiger partial charge in [0.15, 0.2) is 0 Å². The molecule has 0 bridgehead atoms. The number of aromatic nitrogens is 4. The quantitative estimate of drug-likeness (QED) is 0.686. The first kappa shape index (κ1) is 18.4. The second-order valence-electron chi connectivity index (χ2n) is 7.00. The number of aromatic amines is 1. The molecule has 7 nitrogen and oxygen atoms in total. The van der Waals surface area contributed by atoms with E-state index in [-0.39, 0.29) is 0 Å². The second-order valence-corrected chi connectivity index (χ2v) is 7.00. The van der Waals surface area contributed by atoms with Crippen LogP contribution in [0.3, 0.4) is 0 Å². The van der Waals surface area contributed by atoms with E-state index in [2.05, 4.69) is 36.4 Å². The van der Waals surface area contributed by atoms with Crippen LogP contribution in [0.2, 0.25) is 0 Å². The normalized spacial score (nSPS) is 14.3. The number of pyridine rings is 2. The van der Waals surface area contributed by atoms with Crippen molar-refractivity contribution in [3.63, 3.8) is 0 Å². The van der Waals surface area contributed by atoms with Gasteiger partial charge in [0.05, 0.1) is 12.3 Å². The molecule has 0 aliphatic carbocycles. The zero-order valence-corrected chi connectivity index (χ0v) is 16.4. The molecule has 4 rings (SSSR count). The molecule has 0 unspecified atom stereocenters. The van der Waals surface area contributed by atoms with Crippen molar-refractivity contribution < 1.29 is 4.74 Å². The molecule has 1 fully saturated rings. The molecule has 0 amide bonds. The summed E-state index contributed by atoms with van der Waals surface area (Å²) in [7, 11) is 0. The average Bonchev–Trinajstić information content (AvgIpc) is 3.07. The predicted octanol–water partition coefficient (Wildman–Crippen LogP) is 2.51. The van der Waals surface area contributed by atoms with Crippen molar-refractivity contribution in [2.45, 2.75) is 20.3 Å². The molecule has 3 aromatic rings. The third-order valence-corrected chi connectivity index (χ3v) is 5.12. The Morgan fingerprint density at radius 2 is 1.96 bits per heavy atom. The molecule has 2 N–H and O–H groups in total. The summed E-state index contributed by atoms with van der Waals surface area (Å²) in [6, 6.07) is 7.98. The Morgan fingerprint density at radius 1 is 1.11 bits per heavy atom. The van der Waals surface area contributed by atoms with Crippen LogP contribution in [0.5, 0.6) is 5.75 Å². The van der Waals surface area contributed by atoms with Gasteiger partial charge in [-0.05, 0) is 43.7 Å². The largest absolute Gasteiger partial charge is 0.491 e. The summed E-state index contributed by atoms with van der Waals surface area (Å²) >= 11 is 0. The Bertz CT molecular complexity index is 913. The first-order valence-corrected chi connectivity index (χ1v) is 9.73. The summed E-state index contributed by atoms with van der Waals surface area (Å²) in [5.74, 6) is 1.78. The fourth-order valence-electron chi connectivity index (χ4n) is 3.56. The molecule has 4 heterocycles. The molecular formula is C21H26N6O. The third-order valence-electron chi connectivity index (χ3n) is 5.12. The molecule has 0 atom stereocenters. The van der Waals surface area contributed by atoms with E-state index >= 15 is 0 Å². The maximum Gasteiger partial charge on any atom is 0.145 e. The Morgan fingerprint density at radius 3 is 2.75 bits per heavy atom. The average molecular weight is 378 g/mol. The highest BCUT2D eigenvalue weighted by Crippen LogP contribution is 2.29. The van der Waals surface area contributed by atoms with E-state index in [0.717, 1.165) is 66.8 Å². The predicted molar refractivity (Wildman–Crippen MR) is 110 cm³/mol. The van der Waals surface area contributed by atoms with Crippen LogP contribution < -0.4 is 15.0 Å². The SMILES string of the molecule is Cc1n[nH]c(C)c1CCOc1cccnc1-c1ccnc(N2CCNCC2)c1. The number of H-pyrrole nitrogens is 1. The number of ether oxygens (including phenoxy) is 1. The van der Waals surface area contributed by atoms with E-state index in [1.165, 1.54) is 5.56 Å². The number of nitrogens with zero attached hydrogens (tertiary/aromatic N) is 4. The molecule has 0 aromatic carbocycles. The lowest BCUT2D eigenvalue weighted by Gasteiger charge is -2.28. The first-order valence-electron chi connectivity index (χ1n) is 9.73. The van der Waals surface area contributed by atoms with Crippen LogP contribution in [-0.2, 0) is 6.42 Å². The molecule has 1 aliphatic rings. The van der Waals surface area contributed by atoms with E-state index in [0.29, 0.717) is 6.61 Å². The van der Waals surface area contributed by atoms with Crippen LogP contribution >= 0.6 is 0 Å². The fourth-order valence-corrected chi connectivity index (χ4v) is 3.56. The molecule has 28 heavy (non-hydrogen) atoms. The fraction of sp³-hybridized carbons (Fsp3) is 0.381. The maximum atomic E-state index is 6.11. The highest BCUT2D eigenvalue weighted by atomic mass is 16.5. The molecule has 1 aliphatic heterocycles. The lowest BCUT2D eigenvalue weighted by Crippen LogP contribution is -2.43. The van der Waals surface area contributed by atoms with Gasteiger partial charge in [-0.1, -0.05) is 0 Å². The minimum atomic E-state index is 0.579. The van der Waals surface area contributed by atoms with Gasteiger partial charge in [0.2, 0.25) is 0 Å². The number of hydrogen-bond acceptors (Lipinski definition) is 6. The number of hydrogen-bond donors (Lipinski definition) is 2. The van der Waals surface area contributed by atoms with Crippen LogP contribution in [-0.4, -0.2) is 53.0 Å². The Kier molecular flexibility index (Phi) is 5.53. The van der Waals surface area contributed by atoms with Crippen molar-refractivity contribution in [1.82, 2.24) is 25.5 Å². The van der Waals surface area contributed by atoms with Crippen molar-refractivity contribution in [2.75, 3.05) is 37.7 Å². The molecular weight excluding hydrogens is 352 g/mol. The lowest BCUT2D eigenvalue weighted by atomic mass is 10.1. The summed E-state index contributed by atoms with van der Waals surface area (Å²) in [4.78, 5) is 11.4. The topological polar surface area (TPSA) is 79.0 Å². The smallest absolute Gasteiger partial charge is 0.145 e. The zero-order valence-electron chi connectivity index (χ0n) is 16.4. The molecule has 7 heteroatoms. The van der Waals surface area contributed by atoms with Crippen LogP contribution in [0.15, 0.2) is 36.7 Å². The molecule has 146 valence electrons. The number of nitrogens with one attached hydrogen (secondary N) is 2. The highest BCUT2D eigenvalue weighted by Gasteiger charge is 2.15.